The van der Waals surface area contributed by atoms with Gasteiger partial charge in [0.15, 0.2) is 0 Å². The summed E-state index contributed by atoms with van der Waals surface area (Å²) in [5, 5.41) is 0.779. The van der Waals surface area contributed by atoms with Gasteiger partial charge in [0.25, 0.3) is 0 Å². The summed E-state index contributed by atoms with van der Waals surface area (Å²) in [7, 11) is 0. The van der Waals surface area contributed by atoms with E-state index in [1.54, 1.807) is 0 Å². The number of alkyl halides is 2. The zero-order valence-corrected chi connectivity index (χ0v) is 13.1. The number of benzene rings is 1. The molecule has 0 aromatic heterocycles. The maximum Gasteiger partial charge on any atom is 0.238 e. The summed E-state index contributed by atoms with van der Waals surface area (Å²) < 4.78 is 23.9. The maximum absolute atomic E-state index is 11.9. The van der Waals surface area contributed by atoms with E-state index in [1.807, 2.05) is 18.2 Å². The number of hydrogen-bond donors (Lipinski definition) is 2. The molecule has 0 fully saturated rings. The van der Waals surface area contributed by atoms with Crippen molar-refractivity contribution in [2.24, 2.45) is 5.84 Å². The summed E-state index contributed by atoms with van der Waals surface area (Å²) in [5.74, 6) is 5.38. The molecule has 0 spiro atoms. The van der Waals surface area contributed by atoms with E-state index in [2.05, 4.69) is 5.43 Å². The maximum atomic E-state index is 11.9. The Labute approximate surface area is 131 Å². The fraction of sp³-hybridized carbons (Fsp3) is 0.625. The van der Waals surface area contributed by atoms with Gasteiger partial charge in [0.1, 0.15) is 0 Å². The number of nitrogens with one attached hydrogen (secondary N) is 1. The number of hydrazine groups is 1. The van der Waals surface area contributed by atoms with E-state index in [9.17, 15) is 8.78 Å². The first kappa shape index (κ1) is 18.2. The lowest BCUT2D eigenvalue weighted by Crippen LogP contribution is -2.06. The molecule has 0 amide bonds. The third kappa shape index (κ3) is 8.22. The SMILES string of the molecule is NNc1ccc(Cl)c(CCCCCCCCCC(F)F)c1. The first-order valence-corrected chi connectivity index (χ1v) is 8.04. The second-order valence-electron chi connectivity index (χ2n) is 5.36. The predicted octanol–water partition coefficient (Wildman–Crippen LogP) is 5.55. The smallest absolute Gasteiger partial charge is 0.238 e. The van der Waals surface area contributed by atoms with Crippen molar-refractivity contribution in [2.45, 2.75) is 64.2 Å². The Morgan fingerprint density at radius 3 is 2.24 bits per heavy atom. The Balaban J connectivity index is 2.06. The van der Waals surface area contributed by atoms with Crippen molar-refractivity contribution in [1.29, 1.82) is 0 Å². The van der Waals surface area contributed by atoms with Crippen LogP contribution in [0, 0.1) is 0 Å². The van der Waals surface area contributed by atoms with E-state index in [0.717, 1.165) is 61.2 Å². The molecule has 0 aliphatic rings. The summed E-state index contributed by atoms with van der Waals surface area (Å²) in [4.78, 5) is 0. The third-order valence-electron chi connectivity index (χ3n) is 3.58. The van der Waals surface area contributed by atoms with E-state index in [1.165, 1.54) is 0 Å². The largest absolute Gasteiger partial charge is 0.324 e. The number of unbranched alkanes of at least 4 members (excludes halogenated alkanes) is 6. The fourth-order valence-corrected chi connectivity index (χ4v) is 2.57. The summed E-state index contributed by atoms with van der Waals surface area (Å²) in [5.41, 5.74) is 4.60. The zero-order valence-electron chi connectivity index (χ0n) is 12.4. The molecule has 1 rings (SSSR count). The average Bonchev–Trinajstić information content (AvgIpc) is 2.47. The first-order chi connectivity index (χ1) is 10.1. The van der Waals surface area contributed by atoms with Gasteiger partial charge in [-0.05, 0) is 43.0 Å². The lowest BCUT2D eigenvalue weighted by molar-refractivity contribution is 0.133. The number of rotatable bonds is 11. The van der Waals surface area contributed by atoms with Crippen LogP contribution in [0.1, 0.15) is 56.9 Å². The van der Waals surface area contributed by atoms with Crippen LogP contribution in [-0.2, 0) is 6.42 Å². The predicted molar refractivity (Wildman–Crippen MR) is 85.9 cm³/mol. The van der Waals surface area contributed by atoms with Crippen LogP contribution >= 0.6 is 11.6 Å². The van der Waals surface area contributed by atoms with Gasteiger partial charge in [0, 0.05) is 17.1 Å². The van der Waals surface area contributed by atoms with Crippen molar-refractivity contribution >= 4 is 17.3 Å². The number of nitrogens with two attached hydrogens (primary N) is 1. The number of halogens is 3. The van der Waals surface area contributed by atoms with Crippen molar-refractivity contribution in [3.63, 3.8) is 0 Å². The minimum Gasteiger partial charge on any atom is -0.324 e. The molecule has 0 saturated heterocycles. The van der Waals surface area contributed by atoms with Crippen LogP contribution < -0.4 is 11.3 Å². The van der Waals surface area contributed by atoms with Gasteiger partial charge in [-0.15, -0.1) is 0 Å². The second-order valence-corrected chi connectivity index (χ2v) is 5.76. The third-order valence-corrected chi connectivity index (χ3v) is 3.95. The molecule has 0 radical (unpaired) electrons. The van der Waals surface area contributed by atoms with Crippen molar-refractivity contribution in [3.8, 4) is 0 Å². The molecule has 1 aromatic carbocycles. The van der Waals surface area contributed by atoms with Crippen LogP contribution in [0.5, 0.6) is 0 Å². The molecule has 0 aliphatic carbocycles. The molecule has 5 heteroatoms. The van der Waals surface area contributed by atoms with Gasteiger partial charge in [0.05, 0.1) is 0 Å². The van der Waals surface area contributed by atoms with Gasteiger partial charge in [-0.2, -0.15) is 0 Å². The van der Waals surface area contributed by atoms with E-state index >= 15 is 0 Å². The molecule has 3 N–H and O–H groups in total. The van der Waals surface area contributed by atoms with Gasteiger partial charge in [-0.3, -0.25) is 5.84 Å². The van der Waals surface area contributed by atoms with Crippen molar-refractivity contribution in [1.82, 2.24) is 0 Å². The topological polar surface area (TPSA) is 38.0 Å². The molecule has 0 heterocycles. The van der Waals surface area contributed by atoms with Gasteiger partial charge in [-0.1, -0.05) is 43.7 Å². The van der Waals surface area contributed by atoms with E-state index < -0.39 is 6.43 Å². The Hall–Kier alpha value is -0.870. The lowest BCUT2D eigenvalue weighted by Gasteiger charge is -2.07. The summed E-state index contributed by atoms with van der Waals surface area (Å²) >= 11 is 6.15. The molecule has 1 aromatic rings. The standard InChI is InChI=1S/C16H25ClF2N2/c17-15-11-10-14(21-20)12-13(15)8-6-4-2-1-3-5-7-9-16(18)19/h10-12,16,21H,1-9,20H2. The van der Waals surface area contributed by atoms with Crippen LogP contribution in [0.3, 0.4) is 0 Å². The van der Waals surface area contributed by atoms with Crippen LogP contribution in [0.2, 0.25) is 5.02 Å². The first-order valence-electron chi connectivity index (χ1n) is 7.66. The highest BCUT2D eigenvalue weighted by molar-refractivity contribution is 6.31. The van der Waals surface area contributed by atoms with Crippen molar-refractivity contribution in [3.05, 3.63) is 28.8 Å². The molecule has 0 bridgehead atoms. The highest BCUT2D eigenvalue weighted by atomic mass is 35.5. The Morgan fingerprint density at radius 1 is 1.00 bits per heavy atom. The number of nitrogen functional groups attached to an aromatic ring is 1. The molecular formula is C16H25ClF2N2. The monoisotopic (exact) mass is 318 g/mol. The van der Waals surface area contributed by atoms with E-state index in [4.69, 9.17) is 17.4 Å². The van der Waals surface area contributed by atoms with E-state index in [-0.39, 0.29) is 6.42 Å². The molecular weight excluding hydrogens is 294 g/mol. The molecule has 21 heavy (non-hydrogen) atoms. The molecule has 0 saturated carbocycles. The second kappa shape index (κ2) is 10.8. The zero-order chi connectivity index (χ0) is 15.5. The van der Waals surface area contributed by atoms with Gasteiger partial charge in [-0.25, -0.2) is 8.78 Å². The quantitative estimate of drug-likeness (QED) is 0.319. The van der Waals surface area contributed by atoms with Gasteiger partial charge >= 0.3 is 0 Å². The van der Waals surface area contributed by atoms with Crippen molar-refractivity contribution < 1.29 is 8.78 Å². The molecule has 0 atom stereocenters. The molecule has 0 unspecified atom stereocenters. The number of aryl methyl sites for hydroxylation is 1. The Kier molecular flexibility index (Phi) is 9.35. The normalized spacial score (nSPS) is 11.1. The summed E-state index contributed by atoms with van der Waals surface area (Å²) in [6.45, 7) is 0. The van der Waals surface area contributed by atoms with Crippen LogP contribution in [-0.4, -0.2) is 6.43 Å². The Morgan fingerprint density at radius 2 is 1.62 bits per heavy atom. The van der Waals surface area contributed by atoms with Crippen LogP contribution in [0.15, 0.2) is 18.2 Å². The minimum atomic E-state index is -2.14. The minimum absolute atomic E-state index is 0.0457. The number of anilines is 1. The van der Waals surface area contributed by atoms with E-state index in [0.29, 0.717) is 6.42 Å². The highest BCUT2D eigenvalue weighted by Crippen LogP contribution is 2.22. The summed E-state index contributed by atoms with van der Waals surface area (Å²) in [6.07, 6.45) is 5.98. The van der Waals surface area contributed by atoms with Crippen LogP contribution in [0.4, 0.5) is 14.5 Å². The molecule has 120 valence electrons. The Bertz CT molecular complexity index is 400. The van der Waals surface area contributed by atoms with Crippen molar-refractivity contribution in [2.75, 3.05) is 5.43 Å². The average molecular weight is 319 g/mol. The van der Waals surface area contributed by atoms with Gasteiger partial charge in [0.2, 0.25) is 6.43 Å². The number of hydrogen-bond acceptors (Lipinski definition) is 2. The highest BCUT2D eigenvalue weighted by Gasteiger charge is 2.03. The van der Waals surface area contributed by atoms with Crippen LogP contribution in [0.25, 0.3) is 0 Å². The van der Waals surface area contributed by atoms with Gasteiger partial charge < -0.3 is 5.43 Å². The lowest BCUT2D eigenvalue weighted by atomic mass is 10.0. The molecule has 0 aliphatic heterocycles. The fourth-order valence-electron chi connectivity index (χ4n) is 2.35. The summed E-state index contributed by atoms with van der Waals surface area (Å²) in [6, 6.07) is 5.69. The molecule has 2 nitrogen and oxygen atoms in total.